The predicted molar refractivity (Wildman–Crippen MR) is 74.4 cm³/mol. The van der Waals surface area contributed by atoms with Gasteiger partial charge in [0.1, 0.15) is 11.6 Å². The Morgan fingerprint density at radius 3 is 2.79 bits per heavy atom. The Morgan fingerprint density at radius 2 is 2.11 bits per heavy atom. The molecule has 98 valence electrons. The number of anilines is 2. The molecule has 1 saturated heterocycles. The normalized spacial score (nSPS) is 19.1. The fourth-order valence-electron chi connectivity index (χ4n) is 2.29. The molecule has 2 N–H and O–H groups in total. The van der Waals surface area contributed by atoms with Crippen LogP contribution in [0.1, 0.15) is 24.5 Å². The monoisotopic (exact) mass is 255 g/mol. The van der Waals surface area contributed by atoms with E-state index in [2.05, 4.69) is 25.6 Å². The number of pyridine rings is 1. The van der Waals surface area contributed by atoms with Gasteiger partial charge in [0.05, 0.1) is 18.1 Å². The van der Waals surface area contributed by atoms with Crippen LogP contribution < -0.4 is 10.6 Å². The molecule has 1 aliphatic heterocycles. The van der Waals surface area contributed by atoms with Crippen molar-refractivity contribution in [3.63, 3.8) is 0 Å². The lowest BCUT2D eigenvalue weighted by Crippen LogP contribution is -2.28. The summed E-state index contributed by atoms with van der Waals surface area (Å²) in [6.07, 6.45) is 7.79. The maximum Gasteiger partial charge on any atom is 0.150 e. The van der Waals surface area contributed by atoms with Gasteiger partial charge in [-0.15, -0.1) is 0 Å². The summed E-state index contributed by atoms with van der Waals surface area (Å²) in [4.78, 5) is 13.1. The number of hydrogen-bond donors (Lipinski definition) is 2. The molecule has 0 spiro atoms. The topological polar surface area (TPSA) is 62.7 Å². The van der Waals surface area contributed by atoms with Gasteiger partial charge in [-0.2, -0.15) is 0 Å². The van der Waals surface area contributed by atoms with Crippen molar-refractivity contribution in [2.75, 3.05) is 18.4 Å². The second-order valence-electron chi connectivity index (χ2n) is 4.71. The maximum atomic E-state index is 4.51. The molecule has 1 atom stereocenters. The molecule has 0 radical (unpaired) electrons. The molecule has 3 heterocycles. The zero-order valence-corrected chi connectivity index (χ0v) is 10.7. The van der Waals surface area contributed by atoms with Gasteiger partial charge in [0.25, 0.3) is 0 Å². The van der Waals surface area contributed by atoms with Crippen molar-refractivity contribution < 1.29 is 0 Å². The Balaban J connectivity index is 1.68. The Bertz CT molecular complexity index is 505. The highest BCUT2D eigenvalue weighted by Crippen LogP contribution is 2.21. The summed E-state index contributed by atoms with van der Waals surface area (Å²) in [5.74, 6) is 2.00. The van der Waals surface area contributed by atoms with E-state index in [0.29, 0.717) is 5.92 Å². The highest BCUT2D eigenvalue weighted by Gasteiger charge is 2.16. The van der Waals surface area contributed by atoms with Crippen molar-refractivity contribution in [2.24, 2.45) is 0 Å². The zero-order chi connectivity index (χ0) is 12.9. The van der Waals surface area contributed by atoms with Crippen LogP contribution in [0.4, 0.5) is 11.6 Å². The van der Waals surface area contributed by atoms with Gasteiger partial charge in [0, 0.05) is 18.7 Å². The van der Waals surface area contributed by atoms with Gasteiger partial charge < -0.3 is 10.6 Å². The molecule has 0 aromatic carbocycles. The van der Waals surface area contributed by atoms with Gasteiger partial charge in [-0.05, 0) is 31.5 Å². The molecule has 0 bridgehead atoms. The third-order valence-corrected chi connectivity index (χ3v) is 3.31. The maximum absolute atomic E-state index is 4.51. The van der Waals surface area contributed by atoms with Gasteiger partial charge in [-0.1, -0.05) is 6.07 Å². The number of aromatic nitrogens is 3. The molecule has 2 aromatic heterocycles. The minimum Gasteiger partial charge on any atom is -0.324 e. The highest BCUT2D eigenvalue weighted by atomic mass is 15.1. The third kappa shape index (κ3) is 3.06. The average Bonchev–Trinajstić information content (AvgIpc) is 2.50. The van der Waals surface area contributed by atoms with Crippen LogP contribution in [0.3, 0.4) is 0 Å². The standard InChI is InChI=1S/C14H17N5/c1-2-7-16-13(5-1)19-14-10-17-12(9-18-14)11-4-3-6-15-8-11/h1-2,5,7,9-11,15H,3-4,6,8H2,(H,16,18,19). The molecule has 19 heavy (non-hydrogen) atoms. The van der Waals surface area contributed by atoms with Gasteiger partial charge in [0.2, 0.25) is 0 Å². The lowest BCUT2D eigenvalue weighted by atomic mass is 9.97. The van der Waals surface area contributed by atoms with Crippen molar-refractivity contribution in [2.45, 2.75) is 18.8 Å². The van der Waals surface area contributed by atoms with Crippen molar-refractivity contribution in [3.8, 4) is 0 Å². The van der Waals surface area contributed by atoms with Crippen molar-refractivity contribution in [1.82, 2.24) is 20.3 Å². The summed E-state index contributed by atoms with van der Waals surface area (Å²) >= 11 is 0. The number of piperidine rings is 1. The third-order valence-electron chi connectivity index (χ3n) is 3.31. The molecule has 0 amide bonds. The van der Waals surface area contributed by atoms with Crippen molar-refractivity contribution in [3.05, 3.63) is 42.5 Å². The fourth-order valence-corrected chi connectivity index (χ4v) is 2.29. The van der Waals surface area contributed by atoms with E-state index in [-0.39, 0.29) is 0 Å². The van der Waals surface area contributed by atoms with E-state index in [0.717, 1.165) is 30.4 Å². The summed E-state index contributed by atoms with van der Waals surface area (Å²) in [5.41, 5.74) is 1.07. The first-order valence-corrected chi connectivity index (χ1v) is 6.62. The van der Waals surface area contributed by atoms with E-state index in [1.165, 1.54) is 12.8 Å². The van der Waals surface area contributed by atoms with Gasteiger partial charge in [-0.3, -0.25) is 4.98 Å². The minimum atomic E-state index is 0.491. The summed E-state index contributed by atoms with van der Waals surface area (Å²) in [7, 11) is 0. The molecule has 1 aliphatic rings. The quantitative estimate of drug-likeness (QED) is 0.879. The lowest BCUT2D eigenvalue weighted by Gasteiger charge is -2.21. The van der Waals surface area contributed by atoms with Gasteiger partial charge >= 0.3 is 0 Å². The van der Waals surface area contributed by atoms with E-state index in [4.69, 9.17) is 0 Å². The molecule has 1 fully saturated rings. The Labute approximate surface area is 112 Å². The van der Waals surface area contributed by atoms with Gasteiger partial charge in [-0.25, -0.2) is 9.97 Å². The van der Waals surface area contributed by atoms with Crippen LogP contribution in [0.5, 0.6) is 0 Å². The predicted octanol–water partition coefficient (Wildman–Crippen LogP) is 2.08. The first-order chi connectivity index (χ1) is 9.42. The smallest absolute Gasteiger partial charge is 0.150 e. The number of nitrogens with zero attached hydrogens (tertiary/aromatic N) is 3. The first-order valence-electron chi connectivity index (χ1n) is 6.62. The van der Waals surface area contributed by atoms with E-state index in [1.807, 2.05) is 24.4 Å². The average molecular weight is 255 g/mol. The molecular weight excluding hydrogens is 238 g/mol. The molecular formula is C14H17N5. The number of hydrogen-bond acceptors (Lipinski definition) is 5. The number of rotatable bonds is 3. The molecule has 3 rings (SSSR count). The highest BCUT2D eigenvalue weighted by molar-refractivity contribution is 5.49. The zero-order valence-electron chi connectivity index (χ0n) is 10.7. The second-order valence-corrected chi connectivity index (χ2v) is 4.71. The minimum absolute atomic E-state index is 0.491. The SMILES string of the molecule is c1ccc(Nc2cnc(C3CCCNC3)cn2)nc1. The van der Waals surface area contributed by atoms with Crippen LogP contribution in [-0.4, -0.2) is 28.0 Å². The molecule has 5 nitrogen and oxygen atoms in total. The largest absolute Gasteiger partial charge is 0.324 e. The van der Waals surface area contributed by atoms with E-state index >= 15 is 0 Å². The van der Waals surface area contributed by atoms with Gasteiger partial charge in [0.15, 0.2) is 0 Å². The van der Waals surface area contributed by atoms with Crippen molar-refractivity contribution in [1.29, 1.82) is 0 Å². The first kappa shape index (κ1) is 12.0. The van der Waals surface area contributed by atoms with Crippen LogP contribution in [0.15, 0.2) is 36.8 Å². The Hall–Kier alpha value is -2.01. The lowest BCUT2D eigenvalue weighted by molar-refractivity contribution is 0.454. The van der Waals surface area contributed by atoms with Crippen LogP contribution in [-0.2, 0) is 0 Å². The Kier molecular flexibility index (Phi) is 3.65. The van der Waals surface area contributed by atoms with Crippen LogP contribution in [0.2, 0.25) is 0 Å². The summed E-state index contributed by atoms with van der Waals surface area (Å²) in [5, 5.41) is 6.53. The Morgan fingerprint density at radius 1 is 1.11 bits per heavy atom. The van der Waals surface area contributed by atoms with Crippen LogP contribution in [0.25, 0.3) is 0 Å². The van der Waals surface area contributed by atoms with Crippen LogP contribution in [0, 0.1) is 0 Å². The molecule has 0 saturated carbocycles. The number of nitrogens with one attached hydrogen (secondary N) is 2. The van der Waals surface area contributed by atoms with E-state index in [1.54, 1.807) is 12.4 Å². The molecule has 1 unspecified atom stereocenters. The van der Waals surface area contributed by atoms with Crippen molar-refractivity contribution >= 4 is 11.6 Å². The van der Waals surface area contributed by atoms with Crippen LogP contribution >= 0.6 is 0 Å². The van der Waals surface area contributed by atoms with E-state index < -0.39 is 0 Å². The van der Waals surface area contributed by atoms with E-state index in [9.17, 15) is 0 Å². The molecule has 5 heteroatoms. The summed E-state index contributed by atoms with van der Waals surface area (Å²) in [6, 6.07) is 5.72. The second kappa shape index (κ2) is 5.75. The summed E-state index contributed by atoms with van der Waals surface area (Å²) in [6.45, 7) is 2.12. The molecule has 2 aromatic rings. The molecule has 0 aliphatic carbocycles. The fraction of sp³-hybridized carbons (Fsp3) is 0.357. The summed E-state index contributed by atoms with van der Waals surface area (Å²) < 4.78 is 0.